The van der Waals surface area contributed by atoms with Gasteiger partial charge in [-0.3, -0.25) is 10.4 Å². The van der Waals surface area contributed by atoms with Gasteiger partial charge in [0.05, 0.1) is 0 Å². The first-order valence-electron chi connectivity index (χ1n) is 6.53. The number of nitrogens with zero attached hydrogens (tertiary/aromatic N) is 2. The summed E-state index contributed by atoms with van der Waals surface area (Å²) in [6, 6.07) is 1.16. The molecule has 0 amide bonds. The number of hydrazine groups is 1. The highest BCUT2D eigenvalue weighted by molar-refractivity contribution is 5.80. The average molecular weight is 226 g/mol. The summed E-state index contributed by atoms with van der Waals surface area (Å²) in [6.07, 6.45) is 5.97. The highest BCUT2D eigenvalue weighted by Gasteiger charge is 2.31. The fraction of sp³-hybridized carbons (Fsp3) is 0.917. The minimum absolute atomic E-state index is 0.557. The molecule has 0 aromatic carbocycles. The third-order valence-corrected chi connectivity index (χ3v) is 3.40. The molecular weight excluding hydrogens is 200 g/mol. The molecule has 1 saturated heterocycles. The number of nitrogens with one attached hydrogen (secondary N) is 1. The molecule has 16 heavy (non-hydrogen) atoms. The maximum Gasteiger partial charge on any atom is 0.208 e. The van der Waals surface area contributed by atoms with E-state index in [2.05, 4.69) is 36.1 Å². The molecule has 0 bridgehead atoms. The van der Waals surface area contributed by atoms with Crippen LogP contribution in [0, 0.1) is 0 Å². The molecule has 1 aliphatic heterocycles. The van der Waals surface area contributed by atoms with Gasteiger partial charge in [0, 0.05) is 18.6 Å². The maximum atomic E-state index is 5.59. The molecule has 0 saturated carbocycles. The topological polar surface area (TPSA) is 53.6 Å². The van der Waals surface area contributed by atoms with Crippen LogP contribution in [0.4, 0.5) is 0 Å². The summed E-state index contributed by atoms with van der Waals surface area (Å²) in [5.41, 5.74) is 2.77. The lowest BCUT2D eigenvalue weighted by Gasteiger charge is -2.30. The van der Waals surface area contributed by atoms with Gasteiger partial charge in [0.1, 0.15) is 0 Å². The van der Waals surface area contributed by atoms with Crippen LogP contribution in [0.3, 0.4) is 0 Å². The summed E-state index contributed by atoms with van der Waals surface area (Å²) in [5.74, 6) is 6.47. The molecule has 4 heteroatoms. The van der Waals surface area contributed by atoms with Crippen molar-refractivity contribution >= 4 is 5.96 Å². The van der Waals surface area contributed by atoms with Gasteiger partial charge in [0.25, 0.3) is 0 Å². The molecule has 2 atom stereocenters. The summed E-state index contributed by atoms with van der Waals surface area (Å²) in [6.45, 7) is 7.53. The van der Waals surface area contributed by atoms with E-state index in [-0.39, 0.29) is 0 Å². The van der Waals surface area contributed by atoms with Crippen molar-refractivity contribution in [3.8, 4) is 0 Å². The molecule has 3 N–H and O–H groups in total. The highest BCUT2D eigenvalue weighted by atomic mass is 15.4. The molecule has 1 heterocycles. The second-order valence-electron chi connectivity index (χ2n) is 4.60. The Balaban J connectivity index is 2.65. The van der Waals surface area contributed by atoms with E-state index in [1.54, 1.807) is 0 Å². The standard InChI is InChI=1S/C12H26N4/c1-4-6-9-14-12(15-13)16-10(3)7-8-11(16)5-2/h10-11H,4-9,13H2,1-3H3,(H,14,15). The molecule has 0 aromatic rings. The summed E-state index contributed by atoms with van der Waals surface area (Å²) in [4.78, 5) is 6.93. The van der Waals surface area contributed by atoms with Crippen molar-refractivity contribution in [2.24, 2.45) is 10.8 Å². The SMILES string of the molecule is CCCCN=C(NN)N1C(C)CCC1CC. The predicted octanol–water partition coefficient (Wildman–Crippen LogP) is 1.87. The number of aliphatic imine (C=N–C) groups is 1. The van der Waals surface area contributed by atoms with Gasteiger partial charge in [0.15, 0.2) is 0 Å². The monoisotopic (exact) mass is 226 g/mol. The van der Waals surface area contributed by atoms with E-state index in [0.29, 0.717) is 12.1 Å². The molecule has 0 radical (unpaired) electrons. The van der Waals surface area contributed by atoms with Crippen molar-refractivity contribution in [3.05, 3.63) is 0 Å². The maximum absolute atomic E-state index is 5.59. The Hall–Kier alpha value is -0.770. The normalized spacial score (nSPS) is 26.2. The third kappa shape index (κ3) is 3.11. The van der Waals surface area contributed by atoms with Crippen molar-refractivity contribution in [1.29, 1.82) is 0 Å². The average Bonchev–Trinajstić information content (AvgIpc) is 2.66. The Kier molecular flexibility index (Phi) is 5.60. The molecule has 1 fully saturated rings. The Morgan fingerprint density at radius 3 is 2.75 bits per heavy atom. The van der Waals surface area contributed by atoms with Crippen LogP contribution in [0.2, 0.25) is 0 Å². The number of likely N-dealkylation sites (tertiary alicyclic amines) is 1. The van der Waals surface area contributed by atoms with E-state index in [9.17, 15) is 0 Å². The van der Waals surface area contributed by atoms with E-state index < -0.39 is 0 Å². The van der Waals surface area contributed by atoms with Crippen LogP contribution >= 0.6 is 0 Å². The lowest BCUT2D eigenvalue weighted by atomic mass is 10.2. The largest absolute Gasteiger partial charge is 0.336 e. The zero-order chi connectivity index (χ0) is 12.0. The Labute approximate surface area is 99.3 Å². The van der Waals surface area contributed by atoms with Crippen LogP contribution in [0.25, 0.3) is 0 Å². The van der Waals surface area contributed by atoms with Crippen LogP contribution in [-0.4, -0.2) is 29.5 Å². The molecule has 0 aromatic heterocycles. The fourth-order valence-corrected chi connectivity index (χ4v) is 2.40. The minimum atomic E-state index is 0.557. The van der Waals surface area contributed by atoms with E-state index in [1.807, 2.05) is 0 Å². The van der Waals surface area contributed by atoms with Gasteiger partial charge in [-0.05, 0) is 32.6 Å². The van der Waals surface area contributed by atoms with Gasteiger partial charge in [-0.2, -0.15) is 0 Å². The second kappa shape index (κ2) is 6.74. The number of guanidine groups is 1. The molecule has 1 aliphatic rings. The molecular formula is C12H26N4. The lowest BCUT2D eigenvalue weighted by molar-refractivity contribution is 0.309. The summed E-state index contributed by atoms with van der Waals surface area (Å²) in [5, 5.41) is 0. The first kappa shape index (κ1) is 13.3. The Bertz CT molecular complexity index is 227. The number of rotatable bonds is 4. The van der Waals surface area contributed by atoms with Gasteiger partial charge in [-0.15, -0.1) is 0 Å². The van der Waals surface area contributed by atoms with Crippen molar-refractivity contribution in [1.82, 2.24) is 10.3 Å². The van der Waals surface area contributed by atoms with E-state index >= 15 is 0 Å². The smallest absolute Gasteiger partial charge is 0.208 e. The zero-order valence-electron chi connectivity index (χ0n) is 10.9. The van der Waals surface area contributed by atoms with Crippen molar-refractivity contribution in [3.63, 3.8) is 0 Å². The number of unbranched alkanes of at least 4 members (excludes halogenated alkanes) is 1. The van der Waals surface area contributed by atoms with Gasteiger partial charge in [0.2, 0.25) is 5.96 Å². The fourth-order valence-electron chi connectivity index (χ4n) is 2.40. The molecule has 0 aliphatic carbocycles. The van der Waals surface area contributed by atoms with Crippen molar-refractivity contribution in [2.45, 2.75) is 65.0 Å². The van der Waals surface area contributed by atoms with Gasteiger partial charge >= 0.3 is 0 Å². The minimum Gasteiger partial charge on any atom is -0.336 e. The van der Waals surface area contributed by atoms with Gasteiger partial charge < -0.3 is 4.90 Å². The third-order valence-electron chi connectivity index (χ3n) is 3.40. The van der Waals surface area contributed by atoms with Crippen molar-refractivity contribution in [2.75, 3.05) is 6.54 Å². The van der Waals surface area contributed by atoms with Crippen LogP contribution < -0.4 is 11.3 Å². The van der Waals surface area contributed by atoms with E-state index in [0.717, 1.165) is 18.9 Å². The summed E-state index contributed by atoms with van der Waals surface area (Å²) in [7, 11) is 0. The Morgan fingerprint density at radius 2 is 2.19 bits per heavy atom. The summed E-state index contributed by atoms with van der Waals surface area (Å²) >= 11 is 0. The second-order valence-corrected chi connectivity index (χ2v) is 4.60. The van der Waals surface area contributed by atoms with Crippen LogP contribution in [0.1, 0.15) is 52.9 Å². The molecule has 1 rings (SSSR count). The van der Waals surface area contributed by atoms with Gasteiger partial charge in [-0.1, -0.05) is 20.3 Å². The Morgan fingerprint density at radius 1 is 1.44 bits per heavy atom. The van der Waals surface area contributed by atoms with Crippen LogP contribution in [0.5, 0.6) is 0 Å². The summed E-state index contributed by atoms with van der Waals surface area (Å²) < 4.78 is 0. The number of hydrogen-bond acceptors (Lipinski definition) is 2. The molecule has 4 nitrogen and oxygen atoms in total. The quantitative estimate of drug-likeness (QED) is 0.253. The zero-order valence-corrected chi connectivity index (χ0v) is 10.9. The first-order chi connectivity index (χ1) is 7.74. The molecule has 94 valence electrons. The molecule has 0 spiro atoms. The van der Waals surface area contributed by atoms with Crippen LogP contribution in [-0.2, 0) is 0 Å². The van der Waals surface area contributed by atoms with Gasteiger partial charge in [-0.25, -0.2) is 5.84 Å². The highest BCUT2D eigenvalue weighted by Crippen LogP contribution is 2.25. The number of nitrogens with two attached hydrogens (primary N) is 1. The van der Waals surface area contributed by atoms with Crippen LogP contribution in [0.15, 0.2) is 4.99 Å². The molecule has 2 unspecified atom stereocenters. The van der Waals surface area contributed by atoms with E-state index in [4.69, 9.17) is 5.84 Å². The van der Waals surface area contributed by atoms with Crippen molar-refractivity contribution < 1.29 is 0 Å². The van der Waals surface area contributed by atoms with E-state index in [1.165, 1.54) is 25.7 Å². The predicted molar refractivity (Wildman–Crippen MR) is 69.1 cm³/mol. The first-order valence-corrected chi connectivity index (χ1v) is 6.53. The lowest BCUT2D eigenvalue weighted by Crippen LogP contribution is -2.49. The number of hydrogen-bond donors (Lipinski definition) is 2.